The lowest BCUT2D eigenvalue weighted by molar-refractivity contribution is 0.560. The molecule has 18 heavy (non-hydrogen) atoms. The lowest BCUT2D eigenvalue weighted by Crippen LogP contribution is -2.21. The van der Waals surface area contributed by atoms with Gasteiger partial charge in [0.05, 0.1) is 5.69 Å². The van der Waals surface area contributed by atoms with Crippen molar-refractivity contribution in [3.8, 4) is 11.5 Å². The first kappa shape index (κ1) is 13.3. The molecule has 0 atom stereocenters. The Kier molecular flexibility index (Phi) is 4.19. The molecule has 0 aliphatic carbocycles. The zero-order valence-electron chi connectivity index (χ0n) is 10.8. The summed E-state index contributed by atoms with van der Waals surface area (Å²) in [6, 6.07) is 6.53. The minimum atomic E-state index is 0.445. The fourth-order valence-electron chi connectivity index (χ4n) is 1.61. The van der Waals surface area contributed by atoms with Crippen LogP contribution in [0.25, 0.3) is 11.5 Å². The zero-order valence-corrected chi connectivity index (χ0v) is 12.4. The van der Waals surface area contributed by atoms with E-state index in [0.717, 1.165) is 22.3 Å². The molecule has 4 heteroatoms. The van der Waals surface area contributed by atoms with E-state index in [2.05, 4.69) is 53.1 Å². The van der Waals surface area contributed by atoms with E-state index >= 15 is 0 Å². The second-order valence-corrected chi connectivity index (χ2v) is 5.50. The maximum Gasteiger partial charge on any atom is 0.226 e. The number of halogens is 1. The van der Waals surface area contributed by atoms with Crippen LogP contribution in [0.4, 0.5) is 0 Å². The van der Waals surface area contributed by atoms with Crippen molar-refractivity contribution in [2.75, 3.05) is 0 Å². The molecular weight excluding hydrogens is 292 g/mol. The van der Waals surface area contributed by atoms with Gasteiger partial charge in [0.1, 0.15) is 6.26 Å². The van der Waals surface area contributed by atoms with E-state index in [1.165, 1.54) is 5.56 Å². The summed E-state index contributed by atoms with van der Waals surface area (Å²) in [5.74, 6) is 0.672. The highest BCUT2D eigenvalue weighted by molar-refractivity contribution is 9.10. The van der Waals surface area contributed by atoms with Crippen LogP contribution in [0.3, 0.4) is 0 Å². The van der Waals surface area contributed by atoms with Crippen molar-refractivity contribution in [1.29, 1.82) is 0 Å². The van der Waals surface area contributed by atoms with Gasteiger partial charge in [-0.25, -0.2) is 4.98 Å². The molecule has 96 valence electrons. The second-order valence-electron chi connectivity index (χ2n) is 4.64. The normalized spacial score (nSPS) is 11.2. The molecule has 0 fully saturated rings. The molecule has 0 aliphatic heterocycles. The van der Waals surface area contributed by atoms with Gasteiger partial charge in [0.25, 0.3) is 0 Å². The van der Waals surface area contributed by atoms with Crippen LogP contribution in [0, 0.1) is 6.92 Å². The van der Waals surface area contributed by atoms with Gasteiger partial charge in [0, 0.05) is 22.6 Å². The summed E-state index contributed by atoms with van der Waals surface area (Å²) in [7, 11) is 0. The smallest absolute Gasteiger partial charge is 0.226 e. The molecule has 0 saturated carbocycles. The van der Waals surface area contributed by atoms with Crippen LogP contribution in [0.5, 0.6) is 0 Å². The zero-order chi connectivity index (χ0) is 13.1. The van der Waals surface area contributed by atoms with Gasteiger partial charge in [-0.05, 0) is 30.7 Å². The van der Waals surface area contributed by atoms with Crippen molar-refractivity contribution in [3.63, 3.8) is 0 Å². The molecule has 0 saturated heterocycles. The Morgan fingerprint density at radius 1 is 1.39 bits per heavy atom. The Morgan fingerprint density at radius 2 is 2.17 bits per heavy atom. The Labute approximate surface area is 116 Å². The predicted molar refractivity (Wildman–Crippen MR) is 76.4 cm³/mol. The number of oxazole rings is 1. The monoisotopic (exact) mass is 308 g/mol. The Bertz CT molecular complexity index is 534. The Morgan fingerprint density at radius 3 is 2.83 bits per heavy atom. The molecule has 0 unspecified atom stereocenters. The van der Waals surface area contributed by atoms with Gasteiger partial charge in [0.15, 0.2) is 0 Å². The molecule has 0 aliphatic rings. The maximum absolute atomic E-state index is 5.51. The molecule has 2 aromatic rings. The summed E-state index contributed by atoms with van der Waals surface area (Å²) in [5.41, 5.74) is 3.11. The highest BCUT2D eigenvalue weighted by atomic mass is 79.9. The van der Waals surface area contributed by atoms with E-state index in [4.69, 9.17) is 4.42 Å². The van der Waals surface area contributed by atoms with Crippen LogP contribution in [0.2, 0.25) is 0 Å². The standard InChI is InChI=1S/C14H17BrN2O/c1-9(2)16-7-12-8-18-14(17-12)11-4-5-13(15)10(3)6-11/h4-6,8-9,16H,7H2,1-3H3. The SMILES string of the molecule is Cc1cc(-c2nc(CNC(C)C)co2)ccc1Br. The summed E-state index contributed by atoms with van der Waals surface area (Å²) < 4.78 is 6.61. The van der Waals surface area contributed by atoms with Gasteiger partial charge in [-0.3, -0.25) is 0 Å². The average Bonchev–Trinajstić information content (AvgIpc) is 2.79. The largest absolute Gasteiger partial charge is 0.444 e. The van der Waals surface area contributed by atoms with Crippen LogP contribution in [0.15, 0.2) is 33.4 Å². The summed E-state index contributed by atoms with van der Waals surface area (Å²) in [5, 5.41) is 3.32. The summed E-state index contributed by atoms with van der Waals surface area (Å²) in [6.45, 7) is 7.01. The van der Waals surface area contributed by atoms with Gasteiger partial charge in [-0.15, -0.1) is 0 Å². The Balaban J connectivity index is 2.16. The second kappa shape index (κ2) is 5.67. The predicted octanol–water partition coefficient (Wildman–Crippen LogP) is 3.91. The van der Waals surface area contributed by atoms with E-state index < -0.39 is 0 Å². The number of aromatic nitrogens is 1. The fraction of sp³-hybridized carbons (Fsp3) is 0.357. The molecule has 1 heterocycles. The van der Waals surface area contributed by atoms with Crippen LogP contribution in [0.1, 0.15) is 25.1 Å². The third-order valence-electron chi connectivity index (χ3n) is 2.65. The van der Waals surface area contributed by atoms with Crippen molar-refractivity contribution >= 4 is 15.9 Å². The Hall–Kier alpha value is -1.13. The first-order valence-electron chi connectivity index (χ1n) is 6.00. The van der Waals surface area contributed by atoms with Gasteiger partial charge in [-0.2, -0.15) is 0 Å². The van der Waals surface area contributed by atoms with Gasteiger partial charge in [-0.1, -0.05) is 29.8 Å². The quantitative estimate of drug-likeness (QED) is 0.930. The summed E-state index contributed by atoms with van der Waals surface area (Å²) in [4.78, 5) is 4.48. The summed E-state index contributed by atoms with van der Waals surface area (Å²) in [6.07, 6.45) is 1.71. The van der Waals surface area contributed by atoms with Crippen LogP contribution >= 0.6 is 15.9 Å². The molecule has 0 bridgehead atoms. The van der Waals surface area contributed by atoms with Crippen molar-refractivity contribution in [3.05, 3.63) is 40.2 Å². The number of hydrogen-bond acceptors (Lipinski definition) is 3. The van der Waals surface area contributed by atoms with Crippen molar-refractivity contribution in [2.24, 2.45) is 0 Å². The highest BCUT2D eigenvalue weighted by Gasteiger charge is 2.08. The molecule has 3 nitrogen and oxygen atoms in total. The topological polar surface area (TPSA) is 38.1 Å². The molecule has 1 aromatic carbocycles. The van der Waals surface area contributed by atoms with E-state index in [0.29, 0.717) is 11.9 Å². The molecular formula is C14H17BrN2O. The number of nitrogens with one attached hydrogen (secondary N) is 1. The lowest BCUT2D eigenvalue weighted by Gasteiger charge is -2.04. The molecule has 0 spiro atoms. The maximum atomic E-state index is 5.51. The van der Waals surface area contributed by atoms with Crippen LogP contribution < -0.4 is 5.32 Å². The fourth-order valence-corrected chi connectivity index (χ4v) is 1.85. The van der Waals surface area contributed by atoms with E-state index in [1.807, 2.05) is 12.1 Å². The number of hydrogen-bond donors (Lipinski definition) is 1. The lowest BCUT2D eigenvalue weighted by atomic mass is 10.1. The van der Waals surface area contributed by atoms with E-state index in [-0.39, 0.29) is 0 Å². The minimum Gasteiger partial charge on any atom is -0.444 e. The number of benzene rings is 1. The van der Waals surface area contributed by atoms with Crippen molar-refractivity contribution in [1.82, 2.24) is 10.3 Å². The minimum absolute atomic E-state index is 0.445. The molecule has 2 rings (SSSR count). The molecule has 1 N–H and O–H groups in total. The number of nitrogens with zero attached hydrogens (tertiary/aromatic N) is 1. The van der Waals surface area contributed by atoms with Gasteiger partial charge in [0.2, 0.25) is 5.89 Å². The van der Waals surface area contributed by atoms with E-state index in [9.17, 15) is 0 Å². The van der Waals surface area contributed by atoms with Crippen LogP contribution in [-0.2, 0) is 6.54 Å². The molecule has 1 aromatic heterocycles. The van der Waals surface area contributed by atoms with Gasteiger partial charge < -0.3 is 9.73 Å². The molecule has 0 amide bonds. The first-order chi connectivity index (χ1) is 8.56. The number of rotatable bonds is 4. The van der Waals surface area contributed by atoms with Crippen molar-refractivity contribution < 1.29 is 4.42 Å². The number of aryl methyl sites for hydroxylation is 1. The first-order valence-corrected chi connectivity index (χ1v) is 6.80. The molecule has 0 radical (unpaired) electrons. The van der Waals surface area contributed by atoms with Crippen LogP contribution in [-0.4, -0.2) is 11.0 Å². The third-order valence-corrected chi connectivity index (χ3v) is 3.54. The van der Waals surface area contributed by atoms with Crippen molar-refractivity contribution in [2.45, 2.75) is 33.4 Å². The average molecular weight is 309 g/mol. The summed E-state index contributed by atoms with van der Waals surface area (Å²) >= 11 is 3.49. The third kappa shape index (κ3) is 3.21. The van der Waals surface area contributed by atoms with E-state index in [1.54, 1.807) is 6.26 Å². The van der Waals surface area contributed by atoms with Gasteiger partial charge >= 0.3 is 0 Å². The highest BCUT2D eigenvalue weighted by Crippen LogP contribution is 2.24.